The van der Waals surface area contributed by atoms with Crippen molar-refractivity contribution in [3.05, 3.63) is 58.9 Å². The van der Waals surface area contributed by atoms with E-state index in [0.717, 1.165) is 5.82 Å². The molecule has 0 amide bonds. The van der Waals surface area contributed by atoms with Gasteiger partial charge in [-0.1, -0.05) is 17.7 Å². The van der Waals surface area contributed by atoms with Crippen LogP contribution in [0, 0.1) is 11.6 Å². The molecule has 0 unspecified atom stereocenters. The Kier molecular flexibility index (Phi) is 4.40. The second-order valence-electron chi connectivity index (χ2n) is 6.57. The van der Waals surface area contributed by atoms with E-state index in [4.69, 9.17) is 16.3 Å². The molecular formula is C19H15ClF2N6O. The number of morpholine rings is 1. The van der Waals surface area contributed by atoms with Crippen molar-refractivity contribution in [2.45, 2.75) is 0 Å². The van der Waals surface area contributed by atoms with E-state index in [-0.39, 0.29) is 22.2 Å². The summed E-state index contributed by atoms with van der Waals surface area (Å²) in [7, 11) is 0. The Morgan fingerprint density at radius 3 is 2.62 bits per heavy atom. The van der Waals surface area contributed by atoms with Gasteiger partial charge in [-0.25, -0.2) is 23.4 Å². The highest BCUT2D eigenvalue weighted by atomic mass is 35.5. The molecule has 0 saturated carbocycles. The van der Waals surface area contributed by atoms with Gasteiger partial charge in [-0.05, 0) is 12.1 Å². The number of aromatic nitrogens is 3. The maximum atomic E-state index is 14.4. The average Bonchev–Trinajstić information content (AvgIpc) is 3.00. The minimum atomic E-state index is -0.736. The van der Waals surface area contributed by atoms with E-state index in [1.807, 2.05) is 6.07 Å². The Morgan fingerprint density at radius 1 is 1.10 bits per heavy atom. The molecule has 5 rings (SSSR count). The van der Waals surface area contributed by atoms with E-state index in [2.05, 4.69) is 25.3 Å². The van der Waals surface area contributed by atoms with Crippen LogP contribution in [0.2, 0.25) is 5.02 Å². The summed E-state index contributed by atoms with van der Waals surface area (Å²) >= 11 is 6.27. The van der Waals surface area contributed by atoms with Crippen molar-refractivity contribution in [2.75, 3.05) is 36.5 Å². The molecule has 3 aromatic rings. The zero-order valence-corrected chi connectivity index (χ0v) is 15.8. The molecule has 0 atom stereocenters. The Balaban J connectivity index is 1.66. The van der Waals surface area contributed by atoms with Crippen LogP contribution in [0.5, 0.6) is 0 Å². The molecular weight excluding hydrogens is 402 g/mol. The fourth-order valence-corrected chi connectivity index (χ4v) is 3.54. The summed E-state index contributed by atoms with van der Waals surface area (Å²) in [5, 5.41) is 7.55. The maximum Gasteiger partial charge on any atom is 0.176 e. The standard InChI is InChI=1S/C19H15ClF2N6O/c20-11-9-24-28-15-8-16(27-4-6-29-7-5-27)23-10-14(15)25-18(26-19(11)28)17-12(21)2-1-3-13(17)22/h1-3,8-10H,4-7H2,(H,25,26). The van der Waals surface area contributed by atoms with Crippen LogP contribution in [0.3, 0.4) is 0 Å². The second-order valence-corrected chi connectivity index (χ2v) is 6.98. The van der Waals surface area contributed by atoms with Crippen molar-refractivity contribution >= 4 is 34.8 Å². The zero-order valence-electron chi connectivity index (χ0n) is 15.1. The normalized spacial score (nSPS) is 15.8. The Hall–Kier alpha value is -3.04. The third-order valence-corrected chi connectivity index (χ3v) is 5.07. The number of nitrogens with one attached hydrogen (secondary N) is 1. The molecule has 7 nitrogen and oxygen atoms in total. The molecule has 148 valence electrons. The van der Waals surface area contributed by atoms with Gasteiger partial charge in [-0.3, -0.25) is 0 Å². The lowest BCUT2D eigenvalue weighted by Crippen LogP contribution is -2.36. The van der Waals surface area contributed by atoms with E-state index >= 15 is 0 Å². The number of amidine groups is 1. The Morgan fingerprint density at radius 2 is 1.86 bits per heavy atom. The highest BCUT2D eigenvalue weighted by Gasteiger charge is 2.25. The van der Waals surface area contributed by atoms with Crippen LogP contribution in [0.4, 0.5) is 26.1 Å². The summed E-state index contributed by atoms with van der Waals surface area (Å²) < 4.78 is 35.7. The Bertz CT molecular complexity index is 1110. The van der Waals surface area contributed by atoms with Crippen molar-refractivity contribution in [3.8, 4) is 5.69 Å². The van der Waals surface area contributed by atoms with Gasteiger partial charge >= 0.3 is 0 Å². The lowest BCUT2D eigenvalue weighted by Gasteiger charge is -2.28. The molecule has 0 spiro atoms. The topological polar surface area (TPSA) is 67.6 Å². The number of pyridine rings is 1. The van der Waals surface area contributed by atoms with E-state index < -0.39 is 11.6 Å². The molecule has 2 aliphatic rings. The molecule has 0 aliphatic carbocycles. The summed E-state index contributed by atoms with van der Waals surface area (Å²) in [6, 6.07) is 5.49. The van der Waals surface area contributed by atoms with Crippen LogP contribution in [0.25, 0.3) is 5.69 Å². The van der Waals surface area contributed by atoms with Crippen molar-refractivity contribution in [1.82, 2.24) is 14.8 Å². The Labute approximate surface area is 169 Å². The van der Waals surface area contributed by atoms with E-state index in [1.165, 1.54) is 29.1 Å². The van der Waals surface area contributed by atoms with Gasteiger partial charge in [-0.2, -0.15) is 5.10 Å². The van der Waals surface area contributed by atoms with Crippen LogP contribution < -0.4 is 10.2 Å². The maximum absolute atomic E-state index is 14.4. The van der Waals surface area contributed by atoms with Gasteiger partial charge in [-0.15, -0.1) is 0 Å². The number of benzene rings is 1. The minimum Gasteiger partial charge on any atom is -0.378 e. The second kappa shape index (κ2) is 7.09. The molecule has 29 heavy (non-hydrogen) atoms. The molecule has 1 saturated heterocycles. The van der Waals surface area contributed by atoms with Crippen LogP contribution in [0.15, 0.2) is 41.7 Å². The van der Waals surface area contributed by atoms with Crippen molar-refractivity contribution in [3.63, 3.8) is 0 Å². The van der Waals surface area contributed by atoms with Crippen molar-refractivity contribution in [1.29, 1.82) is 0 Å². The summed E-state index contributed by atoms with van der Waals surface area (Å²) in [5.74, 6) is -0.467. The summed E-state index contributed by atoms with van der Waals surface area (Å²) in [4.78, 5) is 11.0. The predicted molar refractivity (Wildman–Crippen MR) is 106 cm³/mol. The van der Waals surface area contributed by atoms with E-state index in [0.29, 0.717) is 37.7 Å². The van der Waals surface area contributed by atoms with Gasteiger partial charge in [0.2, 0.25) is 0 Å². The number of fused-ring (bicyclic) bond motifs is 3. The van der Waals surface area contributed by atoms with Gasteiger partial charge in [0.05, 0.1) is 42.5 Å². The summed E-state index contributed by atoms with van der Waals surface area (Å²) in [5.41, 5.74) is 0.849. The first kappa shape index (κ1) is 18.0. The summed E-state index contributed by atoms with van der Waals surface area (Å²) in [6.07, 6.45) is 3.04. The molecule has 1 aromatic carbocycles. The number of halogens is 3. The first-order valence-corrected chi connectivity index (χ1v) is 9.36. The minimum absolute atomic E-state index is 0.0103. The highest BCUT2D eigenvalue weighted by Crippen LogP contribution is 2.36. The molecule has 10 heteroatoms. The largest absolute Gasteiger partial charge is 0.378 e. The smallest absolute Gasteiger partial charge is 0.176 e. The number of ether oxygens (including phenoxy) is 1. The number of aliphatic imine (C=N–C) groups is 1. The zero-order chi connectivity index (χ0) is 20.0. The molecule has 1 N–H and O–H groups in total. The molecule has 0 bridgehead atoms. The van der Waals surface area contributed by atoms with Crippen molar-refractivity contribution < 1.29 is 13.5 Å². The lowest BCUT2D eigenvalue weighted by molar-refractivity contribution is 0.122. The van der Waals surface area contributed by atoms with Crippen LogP contribution in [0.1, 0.15) is 5.56 Å². The number of hydrogen-bond acceptors (Lipinski definition) is 6. The van der Waals surface area contributed by atoms with E-state index in [1.54, 1.807) is 6.20 Å². The fourth-order valence-electron chi connectivity index (χ4n) is 3.37. The van der Waals surface area contributed by atoms with Gasteiger partial charge in [0, 0.05) is 19.2 Å². The first-order chi connectivity index (χ1) is 14.1. The number of rotatable bonds is 2. The van der Waals surface area contributed by atoms with E-state index in [9.17, 15) is 8.78 Å². The quantitative estimate of drug-likeness (QED) is 0.692. The van der Waals surface area contributed by atoms with Gasteiger partial charge < -0.3 is 15.0 Å². The number of nitrogens with zero attached hydrogens (tertiary/aromatic N) is 5. The number of anilines is 2. The molecule has 1 fully saturated rings. The molecule has 2 aromatic heterocycles. The molecule has 0 radical (unpaired) electrons. The highest BCUT2D eigenvalue weighted by molar-refractivity contribution is 6.33. The van der Waals surface area contributed by atoms with Crippen molar-refractivity contribution in [2.24, 2.45) is 4.99 Å². The lowest BCUT2D eigenvalue weighted by atomic mass is 10.1. The summed E-state index contributed by atoms with van der Waals surface area (Å²) in [6.45, 7) is 2.67. The number of hydrogen-bond donors (Lipinski definition) is 1. The van der Waals surface area contributed by atoms with Gasteiger partial charge in [0.25, 0.3) is 0 Å². The third kappa shape index (κ3) is 3.12. The van der Waals surface area contributed by atoms with Crippen LogP contribution in [-0.4, -0.2) is 46.9 Å². The fraction of sp³-hybridized carbons (Fsp3) is 0.211. The van der Waals surface area contributed by atoms with Gasteiger partial charge in [0.1, 0.15) is 28.3 Å². The first-order valence-electron chi connectivity index (χ1n) is 8.98. The molecule has 2 aliphatic heterocycles. The van der Waals surface area contributed by atoms with Crippen LogP contribution >= 0.6 is 11.6 Å². The van der Waals surface area contributed by atoms with Crippen LogP contribution in [-0.2, 0) is 4.74 Å². The van der Waals surface area contributed by atoms with Gasteiger partial charge in [0.15, 0.2) is 5.82 Å². The molecule has 4 heterocycles. The predicted octanol–water partition coefficient (Wildman–Crippen LogP) is 3.54. The third-order valence-electron chi connectivity index (χ3n) is 4.80. The average molecular weight is 417 g/mol. The SMILES string of the molecule is Fc1cccc(F)c1C1=Nc2c(Cl)cnn2-c2cc(N3CCOCC3)ncc2N1. The monoisotopic (exact) mass is 416 g/mol.